The van der Waals surface area contributed by atoms with E-state index >= 15 is 0 Å². The molecule has 148 valence electrons. The van der Waals surface area contributed by atoms with Crippen LogP contribution in [0.3, 0.4) is 0 Å². The lowest BCUT2D eigenvalue weighted by Gasteiger charge is -2.59. The molecule has 5 unspecified atom stereocenters. The second kappa shape index (κ2) is 8.86. The number of ether oxygens (including phenoxy) is 1. The normalized spacial score (nSPS) is 34.0. The van der Waals surface area contributed by atoms with Crippen molar-refractivity contribution in [3.8, 4) is 0 Å². The van der Waals surface area contributed by atoms with Gasteiger partial charge in [0.2, 0.25) is 0 Å². The van der Waals surface area contributed by atoms with Crippen LogP contribution in [0, 0.1) is 5.92 Å². The highest BCUT2D eigenvalue weighted by molar-refractivity contribution is 5.17. The minimum atomic E-state index is -0.0511. The lowest BCUT2D eigenvalue weighted by Crippen LogP contribution is -2.67. The van der Waals surface area contributed by atoms with Gasteiger partial charge in [-0.15, -0.1) is 0 Å². The molecule has 0 aromatic heterocycles. The van der Waals surface area contributed by atoms with Crippen LogP contribution in [0.1, 0.15) is 85.8 Å². The Kier molecular flexibility index (Phi) is 7.29. The Morgan fingerprint density at radius 3 is 2.31 bits per heavy atom. The van der Waals surface area contributed by atoms with Crippen LogP contribution in [0.4, 0.5) is 0 Å². The molecule has 1 heterocycles. The molecule has 1 saturated heterocycles. The van der Waals surface area contributed by atoms with Gasteiger partial charge in [-0.25, -0.2) is 0 Å². The third-order valence-electron chi connectivity index (χ3n) is 6.68. The third kappa shape index (κ3) is 4.16. The van der Waals surface area contributed by atoms with Gasteiger partial charge in [0.15, 0.2) is 0 Å². The first-order valence-electron chi connectivity index (χ1n) is 10.5. The second-order valence-electron chi connectivity index (χ2n) is 8.42. The number of hydrogen-bond acceptors (Lipinski definition) is 3. The zero-order chi connectivity index (χ0) is 19.4. The number of nitrogens with zero attached hydrogens (tertiary/aromatic N) is 1. The van der Waals surface area contributed by atoms with E-state index in [4.69, 9.17) is 9.57 Å². The van der Waals surface area contributed by atoms with E-state index in [-0.39, 0.29) is 23.3 Å². The van der Waals surface area contributed by atoms with Crippen LogP contribution in [0.25, 0.3) is 0 Å². The van der Waals surface area contributed by atoms with Crippen LogP contribution in [-0.2, 0) is 9.57 Å². The Labute approximate surface area is 161 Å². The van der Waals surface area contributed by atoms with Gasteiger partial charge >= 0.3 is 0 Å². The quantitative estimate of drug-likeness (QED) is 0.554. The summed E-state index contributed by atoms with van der Waals surface area (Å²) in [5.74, 6) is 0.418. The molecular weight excluding hydrogens is 322 g/mol. The monoisotopic (exact) mass is 361 g/mol. The van der Waals surface area contributed by atoms with Gasteiger partial charge in [-0.1, -0.05) is 58.0 Å². The van der Waals surface area contributed by atoms with Gasteiger partial charge in [0.1, 0.15) is 6.10 Å². The molecule has 0 N–H and O–H groups in total. The molecule has 0 bridgehead atoms. The van der Waals surface area contributed by atoms with Crippen molar-refractivity contribution in [2.45, 2.75) is 97.4 Å². The highest BCUT2D eigenvalue weighted by Crippen LogP contribution is 2.48. The van der Waals surface area contributed by atoms with E-state index in [0.717, 1.165) is 32.3 Å². The van der Waals surface area contributed by atoms with E-state index in [1.54, 1.807) is 0 Å². The van der Waals surface area contributed by atoms with Gasteiger partial charge in [-0.2, -0.15) is 5.06 Å². The van der Waals surface area contributed by atoms with E-state index in [2.05, 4.69) is 83.9 Å². The van der Waals surface area contributed by atoms with Crippen LogP contribution < -0.4 is 0 Å². The fourth-order valence-electron chi connectivity index (χ4n) is 4.31. The van der Waals surface area contributed by atoms with Crippen LogP contribution >= 0.6 is 0 Å². The summed E-state index contributed by atoms with van der Waals surface area (Å²) >= 11 is 0. The first-order valence-corrected chi connectivity index (χ1v) is 10.5. The molecule has 2 rings (SSSR count). The van der Waals surface area contributed by atoms with Gasteiger partial charge in [-0.3, -0.25) is 4.84 Å². The standard InChI is InChI=1S/C23H39NO2/c1-8-16-25-21-17-22(6,9-2)24(23(7,10-3)18(21)4)26-19(5)20-14-12-11-13-15-20/h11-15,18-19,21H,8-10,16-17H2,1-7H3. The number of piperidine rings is 1. The fourth-order valence-corrected chi connectivity index (χ4v) is 4.31. The van der Waals surface area contributed by atoms with E-state index in [0.29, 0.717) is 5.92 Å². The minimum absolute atomic E-state index is 0.0290. The van der Waals surface area contributed by atoms with Gasteiger partial charge in [0.25, 0.3) is 0 Å². The van der Waals surface area contributed by atoms with Crippen molar-refractivity contribution in [3.05, 3.63) is 35.9 Å². The fraction of sp³-hybridized carbons (Fsp3) is 0.739. The van der Waals surface area contributed by atoms with Crippen molar-refractivity contribution in [2.75, 3.05) is 6.61 Å². The van der Waals surface area contributed by atoms with Crippen molar-refractivity contribution < 1.29 is 9.57 Å². The smallest absolute Gasteiger partial charge is 0.102 e. The number of hydroxylamine groups is 2. The molecular formula is C23H39NO2. The van der Waals surface area contributed by atoms with E-state index in [1.165, 1.54) is 5.56 Å². The first-order chi connectivity index (χ1) is 12.3. The Hall–Kier alpha value is -0.900. The van der Waals surface area contributed by atoms with Crippen molar-refractivity contribution >= 4 is 0 Å². The molecule has 1 aliphatic rings. The molecule has 3 nitrogen and oxygen atoms in total. The topological polar surface area (TPSA) is 21.7 Å². The third-order valence-corrected chi connectivity index (χ3v) is 6.68. The molecule has 1 aliphatic heterocycles. The number of hydrogen-bond donors (Lipinski definition) is 0. The molecule has 0 radical (unpaired) electrons. The van der Waals surface area contributed by atoms with E-state index in [1.807, 2.05) is 0 Å². The largest absolute Gasteiger partial charge is 0.378 e. The van der Waals surface area contributed by atoms with Crippen molar-refractivity contribution in [1.82, 2.24) is 5.06 Å². The van der Waals surface area contributed by atoms with E-state index < -0.39 is 0 Å². The molecule has 0 saturated carbocycles. The molecule has 3 heteroatoms. The van der Waals surface area contributed by atoms with Crippen molar-refractivity contribution in [1.29, 1.82) is 0 Å². The second-order valence-corrected chi connectivity index (χ2v) is 8.42. The lowest BCUT2D eigenvalue weighted by molar-refractivity contribution is -0.338. The maximum atomic E-state index is 6.69. The van der Waals surface area contributed by atoms with Crippen LogP contribution in [-0.4, -0.2) is 28.9 Å². The Balaban J connectivity index is 2.31. The van der Waals surface area contributed by atoms with Gasteiger partial charge in [-0.05, 0) is 52.0 Å². The highest BCUT2D eigenvalue weighted by Gasteiger charge is 2.54. The predicted molar refractivity (Wildman–Crippen MR) is 109 cm³/mol. The number of rotatable bonds is 8. The maximum absolute atomic E-state index is 6.69. The summed E-state index contributed by atoms with van der Waals surface area (Å²) in [6.45, 7) is 16.8. The van der Waals surface area contributed by atoms with Gasteiger partial charge in [0.05, 0.1) is 6.10 Å². The van der Waals surface area contributed by atoms with Crippen molar-refractivity contribution in [2.24, 2.45) is 5.92 Å². The Morgan fingerprint density at radius 1 is 1.12 bits per heavy atom. The van der Waals surface area contributed by atoms with Crippen LogP contribution in [0.5, 0.6) is 0 Å². The van der Waals surface area contributed by atoms with Crippen LogP contribution in [0.2, 0.25) is 0 Å². The summed E-state index contributed by atoms with van der Waals surface area (Å²) in [5, 5.41) is 2.34. The molecule has 5 atom stereocenters. The Morgan fingerprint density at radius 2 is 1.77 bits per heavy atom. The summed E-state index contributed by atoms with van der Waals surface area (Å²) in [7, 11) is 0. The van der Waals surface area contributed by atoms with Gasteiger partial charge in [0, 0.05) is 23.6 Å². The highest BCUT2D eigenvalue weighted by atomic mass is 16.7. The number of benzene rings is 1. The zero-order valence-corrected chi connectivity index (χ0v) is 17.9. The Bertz CT molecular complexity index is 548. The molecule has 1 aromatic carbocycles. The SMILES string of the molecule is CCCOC1CC(C)(CC)N(OC(C)c2ccccc2)C(C)(CC)C1C. The summed E-state index contributed by atoms with van der Waals surface area (Å²) in [5.41, 5.74) is 1.14. The van der Waals surface area contributed by atoms with Crippen molar-refractivity contribution in [3.63, 3.8) is 0 Å². The first kappa shape index (κ1) is 21.4. The van der Waals surface area contributed by atoms with Gasteiger partial charge < -0.3 is 4.74 Å². The molecule has 1 aromatic rings. The summed E-state index contributed by atoms with van der Waals surface area (Å²) in [4.78, 5) is 6.69. The molecule has 26 heavy (non-hydrogen) atoms. The molecule has 0 aliphatic carbocycles. The summed E-state index contributed by atoms with van der Waals surface area (Å²) < 4.78 is 6.29. The predicted octanol–water partition coefficient (Wildman–Crippen LogP) is 6.15. The molecule has 0 spiro atoms. The van der Waals surface area contributed by atoms with E-state index in [9.17, 15) is 0 Å². The molecule has 0 amide bonds. The maximum Gasteiger partial charge on any atom is 0.102 e. The molecule has 1 fully saturated rings. The van der Waals surface area contributed by atoms with Crippen LogP contribution in [0.15, 0.2) is 30.3 Å². The summed E-state index contributed by atoms with van der Waals surface area (Å²) in [6.07, 6.45) is 4.49. The average molecular weight is 362 g/mol. The minimum Gasteiger partial charge on any atom is -0.378 e. The lowest BCUT2D eigenvalue weighted by atomic mass is 9.69. The average Bonchev–Trinajstić information content (AvgIpc) is 2.67. The zero-order valence-electron chi connectivity index (χ0n) is 17.9. The summed E-state index contributed by atoms with van der Waals surface area (Å²) in [6, 6.07) is 10.5.